The van der Waals surface area contributed by atoms with Crippen LogP contribution in [0.3, 0.4) is 0 Å². The molecule has 90 valence electrons. The molecule has 0 radical (unpaired) electrons. The van der Waals surface area contributed by atoms with E-state index in [1.165, 1.54) is 0 Å². The molecule has 1 heterocycles. The quantitative estimate of drug-likeness (QED) is 0.808. The smallest absolute Gasteiger partial charge is 0.267 e. The van der Waals surface area contributed by atoms with E-state index in [9.17, 15) is 9.59 Å². The molecule has 0 spiro atoms. The van der Waals surface area contributed by atoms with Crippen LogP contribution >= 0.6 is 0 Å². The zero-order valence-corrected chi connectivity index (χ0v) is 9.33. The molecule has 1 aromatic rings. The summed E-state index contributed by atoms with van der Waals surface area (Å²) in [6.45, 7) is 0.151. The van der Waals surface area contributed by atoms with Crippen LogP contribution in [0.4, 0.5) is 0 Å². The lowest BCUT2D eigenvalue weighted by Crippen LogP contribution is -2.37. The number of carbonyl (C=O) groups excluding carboxylic acids is 2. The molecular weight excluding hydrogens is 220 g/mol. The van der Waals surface area contributed by atoms with Crippen LogP contribution in [0.5, 0.6) is 5.75 Å². The first-order valence-electron chi connectivity index (χ1n) is 5.43. The lowest BCUT2D eigenvalue weighted by atomic mass is 10.3. The van der Waals surface area contributed by atoms with Crippen LogP contribution in [-0.4, -0.2) is 35.9 Å². The van der Waals surface area contributed by atoms with Gasteiger partial charge in [0.15, 0.2) is 6.61 Å². The highest BCUT2D eigenvalue weighted by atomic mass is 16.5. The Hall–Kier alpha value is -1.88. The first kappa shape index (κ1) is 11.6. The van der Waals surface area contributed by atoms with E-state index in [1.54, 1.807) is 12.1 Å². The maximum absolute atomic E-state index is 11.7. The highest BCUT2D eigenvalue weighted by Crippen LogP contribution is 2.11. The summed E-state index contributed by atoms with van der Waals surface area (Å²) < 4.78 is 5.28. The number of carbonyl (C=O) groups is 2. The number of nitrogens with two attached hydrogens (primary N) is 1. The molecule has 0 bridgehead atoms. The normalized spacial score (nSPS) is 19.5. The van der Waals surface area contributed by atoms with Gasteiger partial charge in [0.1, 0.15) is 5.75 Å². The minimum absolute atomic E-state index is 0.136. The van der Waals surface area contributed by atoms with Gasteiger partial charge in [-0.15, -0.1) is 0 Å². The van der Waals surface area contributed by atoms with Crippen molar-refractivity contribution in [3.05, 3.63) is 30.3 Å². The minimum atomic E-state index is -0.341. The molecule has 1 aliphatic heterocycles. The Kier molecular flexibility index (Phi) is 3.39. The standard InChI is InChI=1S/C12H14N2O3/c13-9-6-11(15)14(7-9)12(16)8-17-10-4-2-1-3-5-10/h1-5,9H,6-8,13H2. The van der Waals surface area contributed by atoms with Crippen molar-refractivity contribution in [3.8, 4) is 5.75 Å². The molecule has 17 heavy (non-hydrogen) atoms. The fraction of sp³-hybridized carbons (Fsp3) is 0.333. The lowest BCUT2D eigenvalue weighted by Gasteiger charge is -2.14. The van der Waals surface area contributed by atoms with E-state index in [0.29, 0.717) is 5.75 Å². The van der Waals surface area contributed by atoms with Crippen molar-refractivity contribution in [1.82, 2.24) is 4.90 Å². The van der Waals surface area contributed by atoms with Crippen molar-refractivity contribution in [3.63, 3.8) is 0 Å². The average Bonchev–Trinajstić information content (AvgIpc) is 2.67. The van der Waals surface area contributed by atoms with Gasteiger partial charge in [-0.3, -0.25) is 14.5 Å². The average molecular weight is 234 g/mol. The topological polar surface area (TPSA) is 72.6 Å². The van der Waals surface area contributed by atoms with Crippen molar-refractivity contribution in [2.75, 3.05) is 13.2 Å². The largest absolute Gasteiger partial charge is 0.484 e. The number of hydrogen-bond acceptors (Lipinski definition) is 4. The second-order valence-corrected chi connectivity index (χ2v) is 3.96. The number of hydrogen-bond donors (Lipinski definition) is 1. The van der Waals surface area contributed by atoms with E-state index in [4.69, 9.17) is 10.5 Å². The van der Waals surface area contributed by atoms with Crippen LogP contribution in [-0.2, 0) is 9.59 Å². The fourth-order valence-corrected chi connectivity index (χ4v) is 1.72. The molecule has 2 rings (SSSR count). The van der Waals surface area contributed by atoms with Crippen LogP contribution in [0, 0.1) is 0 Å². The molecule has 5 heteroatoms. The van der Waals surface area contributed by atoms with E-state index < -0.39 is 0 Å². The third-order valence-electron chi connectivity index (χ3n) is 2.56. The Morgan fingerprint density at radius 3 is 2.71 bits per heavy atom. The molecule has 1 aliphatic rings. The second kappa shape index (κ2) is 4.97. The number of amides is 2. The predicted octanol–water partition coefficient (Wildman–Crippen LogP) is 0.152. The van der Waals surface area contributed by atoms with Crippen LogP contribution in [0.1, 0.15) is 6.42 Å². The number of nitrogens with zero attached hydrogens (tertiary/aromatic N) is 1. The zero-order valence-electron chi connectivity index (χ0n) is 9.33. The highest BCUT2D eigenvalue weighted by molar-refractivity contribution is 5.97. The molecular formula is C12H14N2O3. The molecule has 1 atom stereocenters. The Balaban J connectivity index is 1.88. The maximum Gasteiger partial charge on any atom is 0.267 e. The Morgan fingerprint density at radius 1 is 1.41 bits per heavy atom. The second-order valence-electron chi connectivity index (χ2n) is 3.96. The van der Waals surface area contributed by atoms with Gasteiger partial charge < -0.3 is 10.5 Å². The van der Waals surface area contributed by atoms with Crippen LogP contribution in [0.25, 0.3) is 0 Å². The number of likely N-dealkylation sites (tertiary alicyclic amines) is 1. The van der Waals surface area contributed by atoms with Crippen molar-refractivity contribution in [2.45, 2.75) is 12.5 Å². The van der Waals surface area contributed by atoms with Gasteiger partial charge in [-0.1, -0.05) is 18.2 Å². The molecule has 1 aromatic carbocycles. The molecule has 1 unspecified atom stereocenters. The van der Waals surface area contributed by atoms with Gasteiger partial charge in [0.2, 0.25) is 5.91 Å². The van der Waals surface area contributed by atoms with Crippen LogP contribution < -0.4 is 10.5 Å². The SMILES string of the molecule is NC1CC(=O)N(C(=O)COc2ccccc2)C1. The summed E-state index contributed by atoms with van der Waals surface area (Å²) in [5.74, 6) is 0.0442. The number of ether oxygens (including phenoxy) is 1. The Labute approximate surface area is 99.2 Å². The lowest BCUT2D eigenvalue weighted by molar-refractivity contribution is -0.143. The highest BCUT2D eigenvalue weighted by Gasteiger charge is 2.31. The molecule has 5 nitrogen and oxygen atoms in total. The molecule has 0 aliphatic carbocycles. The van der Waals surface area contributed by atoms with Gasteiger partial charge in [-0.05, 0) is 12.1 Å². The molecule has 0 aromatic heterocycles. The summed E-state index contributed by atoms with van der Waals surface area (Å²) in [6, 6.07) is 8.75. The van der Waals surface area contributed by atoms with Crippen molar-refractivity contribution in [1.29, 1.82) is 0 Å². The van der Waals surface area contributed by atoms with Crippen molar-refractivity contribution < 1.29 is 14.3 Å². The summed E-state index contributed by atoms with van der Waals surface area (Å²) in [4.78, 5) is 24.3. The summed E-state index contributed by atoms with van der Waals surface area (Å²) >= 11 is 0. The van der Waals surface area contributed by atoms with Crippen molar-refractivity contribution in [2.24, 2.45) is 5.73 Å². The first-order chi connectivity index (χ1) is 8.16. The van der Waals surface area contributed by atoms with Crippen LogP contribution in [0.15, 0.2) is 30.3 Å². The zero-order chi connectivity index (χ0) is 12.3. The summed E-state index contributed by atoms with van der Waals surface area (Å²) in [5.41, 5.74) is 5.61. The van der Waals surface area contributed by atoms with Gasteiger partial charge in [0.05, 0.1) is 0 Å². The predicted molar refractivity (Wildman–Crippen MR) is 61.2 cm³/mol. The molecule has 2 amide bonds. The van der Waals surface area contributed by atoms with E-state index >= 15 is 0 Å². The van der Waals surface area contributed by atoms with Gasteiger partial charge in [-0.2, -0.15) is 0 Å². The summed E-state index contributed by atoms with van der Waals surface area (Å²) in [5, 5.41) is 0. The number of benzene rings is 1. The van der Waals surface area contributed by atoms with Gasteiger partial charge in [0, 0.05) is 19.0 Å². The van der Waals surface area contributed by atoms with Crippen LogP contribution in [0.2, 0.25) is 0 Å². The van der Waals surface area contributed by atoms with E-state index in [-0.39, 0.29) is 37.4 Å². The summed E-state index contributed by atoms with van der Waals surface area (Å²) in [7, 11) is 0. The summed E-state index contributed by atoms with van der Waals surface area (Å²) in [6.07, 6.45) is 0.233. The van der Waals surface area contributed by atoms with E-state index in [0.717, 1.165) is 4.90 Å². The van der Waals surface area contributed by atoms with Gasteiger partial charge >= 0.3 is 0 Å². The van der Waals surface area contributed by atoms with E-state index in [1.807, 2.05) is 18.2 Å². The third-order valence-corrected chi connectivity index (χ3v) is 2.56. The molecule has 1 fully saturated rings. The first-order valence-corrected chi connectivity index (χ1v) is 5.43. The third kappa shape index (κ3) is 2.82. The Bertz CT molecular complexity index is 419. The molecule has 2 N–H and O–H groups in total. The number of imide groups is 1. The van der Waals surface area contributed by atoms with Gasteiger partial charge in [-0.25, -0.2) is 0 Å². The van der Waals surface area contributed by atoms with Crippen molar-refractivity contribution >= 4 is 11.8 Å². The molecule has 0 saturated carbocycles. The minimum Gasteiger partial charge on any atom is -0.484 e. The number of rotatable bonds is 3. The molecule has 1 saturated heterocycles. The Morgan fingerprint density at radius 2 is 2.12 bits per heavy atom. The number of para-hydroxylation sites is 1. The van der Waals surface area contributed by atoms with E-state index in [2.05, 4.69) is 0 Å². The van der Waals surface area contributed by atoms with Gasteiger partial charge in [0.25, 0.3) is 5.91 Å². The fourth-order valence-electron chi connectivity index (χ4n) is 1.72. The maximum atomic E-state index is 11.7. The monoisotopic (exact) mass is 234 g/mol.